The molecule has 0 spiro atoms. The Morgan fingerprint density at radius 1 is 1.56 bits per heavy atom. The van der Waals surface area contributed by atoms with E-state index in [-0.39, 0.29) is 5.91 Å². The second-order valence-electron chi connectivity index (χ2n) is 3.25. The standard InChI is InChI=1S/C11H12ClN3O/c12-9-6-8(7-14)3-4-10(9)15-11(16)2-1-5-13/h3-4,6H,1-2,5,13H2,(H,15,16). The second kappa shape index (κ2) is 6.11. The van der Waals surface area contributed by atoms with Crippen LogP contribution in [0.1, 0.15) is 18.4 Å². The molecule has 1 rings (SSSR count). The second-order valence-corrected chi connectivity index (χ2v) is 3.65. The zero-order chi connectivity index (χ0) is 12.0. The van der Waals surface area contributed by atoms with E-state index >= 15 is 0 Å². The average molecular weight is 238 g/mol. The summed E-state index contributed by atoms with van der Waals surface area (Å²) in [5, 5.41) is 11.7. The summed E-state index contributed by atoms with van der Waals surface area (Å²) in [6.45, 7) is 0.481. The zero-order valence-electron chi connectivity index (χ0n) is 8.66. The molecule has 16 heavy (non-hydrogen) atoms. The van der Waals surface area contributed by atoms with Gasteiger partial charge in [-0.3, -0.25) is 4.79 Å². The molecule has 4 nitrogen and oxygen atoms in total. The fourth-order valence-electron chi connectivity index (χ4n) is 1.16. The smallest absolute Gasteiger partial charge is 0.224 e. The predicted molar refractivity (Wildman–Crippen MR) is 63.1 cm³/mol. The lowest BCUT2D eigenvalue weighted by Crippen LogP contribution is -2.13. The van der Waals surface area contributed by atoms with Gasteiger partial charge in [-0.1, -0.05) is 11.6 Å². The van der Waals surface area contributed by atoms with Crippen LogP contribution in [0.3, 0.4) is 0 Å². The van der Waals surface area contributed by atoms with Crippen molar-refractivity contribution in [3.63, 3.8) is 0 Å². The Hall–Kier alpha value is -1.57. The van der Waals surface area contributed by atoms with Gasteiger partial charge in [0.1, 0.15) is 0 Å². The maximum absolute atomic E-state index is 11.4. The molecule has 0 aliphatic heterocycles. The normalized spacial score (nSPS) is 9.56. The van der Waals surface area contributed by atoms with Crippen LogP contribution in [-0.4, -0.2) is 12.5 Å². The van der Waals surface area contributed by atoms with Crippen molar-refractivity contribution < 1.29 is 4.79 Å². The van der Waals surface area contributed by atoms with Gasteiger partial charge >= 0.3 is 0 Å². The molecule has 5 heteroatoms. The van der Waals surface area contributed by atoms with Crippen LogP contribution < -0.4 is 11.1 Å². The number of halogens is 1. The molecule has 0 aliphatic carbocycles. The van der Waals surface area contributed by atoms with Crippen LogP contribution in [0.4, 0.5) is 5.69 Å². The molecule has 0 bridgehead atoms. The van der Waals surface area contributed by atoms with Gasteiger partial charge < -0.3 is 11.1 Å². The van der Waals surface area contributed by atoms with Crippen LogP contribution >= 0.6 is 11.6 Å². The minimum absolute atomic E-state index is 0.128. The van der Waals surface area contributed by atoms with E-state index in [0.717, 1.165) is 0 Å². The number of nitriles is 1. The van der Waals surface area contributed by atoms with Gasteiger partial charge in [-0.25, -0.2) is 0 Å². The van der Waals surface area contributed by atoms with Crippen molar-refractivity contribution in [2.24, 2.45) is 5.73 Å². The number of rotatable bonds is 4. The number of nitrogens with one attached hydrogen (secondary N) is 1. The van der Waals surface area contributed by atoms with E-state index in [1.807, 2.05) is 6.07 Å². The van der Waals surface area contributed by atoms with E-state index in [1.165, 1.54) is 6.07 Å². The Morgan fingerprint density at radius 3 is 2.88 bits per heavy atom. The highest BCUT2D eigenvalue weighted by molar-refractivity contribution is 6.33. The quantitative estimate of drug-likeness (QED) is 0.839. The van der Waals surface area contributed by atoms with Crippen molar-refractivity contribution in [2.45, 2.75) is 12.8 Å². The molecule has 0 saturated heterocycles. The predicted octanol–water partition coefficient (Wildman–Crippen LogP) is 1.89. The third kappa shape index (κ3) is 3.54. The number of hydrogen-bond acceptors (Lipinski definition) is 3. The summed E-state index contributed by atoms with van der Waals surface area (Å²) < 4.78 is 0. The Bertz CT molecular complexity index is 426. The van der Waals surface area contributed by atoms with Crippen molar-refractivity contribution in [3.05, 3.63) is 28.8 Å². The minimum Gasteiger partial charge on any atom is -0.330 e. The van der Waals surface area contributed by atoms with E-state index in [0.29, 0.717) is 35.7 Å². The van der Waals surface area contributed by atoms with Crippen LogP contribution in [0.5, 0.6) is 0 Å². The molecule has 1 aromatic rings. The van der Waals surface area contributed by atoms with Crippen molar-refractivity contribution in [2.75, 3.05) is 11.9 Å². The number of nitrogens with zero attached hydrogens (tertiary/aromatic N) is 1. The van der Waals surface area contributed by atoms with Gasteiger partial charge in [-0.2, -0.15) is 5.26 Å². The highest BCUT2D eigenvalue weighted by Gasteiger charge is 2.05. The molecule has 0 radical (unpaired) electrons. The first-order chi connectivity index (χ1) is 7.67. The van der Waals surface area contributed by atoms with E-state index in [1.54, 1.807) is 12.1 Å². The first-order valence-electron chi connectivity index (χ1n) is 4.87. The van der Waals surface area contributed by atoms with E-state index < -0.39 is 0 Å². The van der Waals surface area contributed by atoms with Crippen molar-refractivity contribution in [3.8, 4) is 6.07 Å². The number of nitrogens with two attached hydrogens (primary N) is 1. The largest absolute Gasteiger partial charge is 0.330 e. The lowest BCUT2D eigenvalue weighted by atomic mass is 10.2. The van der Waals surface area contributed by atoms with Gasteiger partial charge in [0.05, 0.1) is 22.3 Å². The summed E-state index contributed by atoms with van der Waals surface area (Å²) in [5.74, 6) is -0.128. The van der Waals surface area contributed by atoms with Crippen molar-refractivity contribution >= 4 is 23.2 Å². The first kappa shape index (κ1) is 12.5. The lowest BCUT2D eigenvalue weighted by molar-refractivity contribution is -0.116. The maximum atomic E-state index is 11.4. The fourth-order valence-corrected chi connectivity index (χ4v) is 1.39. The van der Waals surface area contributed by atoms with Crippen LogP contribution in [0, 0.1) is 11.3 Å². The molecular weight excluding hydrogens is 226 g/mol. The minimum atomic E-state index is -0.128. The van der Waals surface area contributed by atoms with Crippen LogP contribution in [0.25, 0.3) is 0 Å². The van der Waals surface area contributed by atoms with Crippen molar-refractivity contribution in [1.29, 1.82) is 5.26 Å². The summed E-state index contributed by atoms with van der Waals surface area (Å²) in [5.41, 5.74) is 6.28. The molecule has 0 unspecified atom stereocenters. The molecule has 3 N–H and O–H groups in total. The highest BCUT2D eigenvalue weighted by Crippen LogP contribution is 2.22. The van der Waals surface area contributed by atoms with Gasteiger partial charge in [0.2, 0.25) is 5.91 Å². The number of carbonyl (C=O) groups is 1. The summed E-state index contributed by atoms with van der Waals surface area (Å²) in [6, 6.07) is 6.70. The molecule has 0 aliphatic rings. The first-order valence-corrected chi connectivity index (χ1v) is 5.24. The molecule has 0 fully saturated rings. The Balaban J connectivity index is 2.68. The number of amides is 1. The number of carbonyl (C=O) groups excluding carboxylic acids is 1. The van der Waals surface area contributed by atoms with Gasteiger partial charge in [-0.05, 0) is 31.2 Å². The zero-order valence-corrected chi connectivity index (χ0v) is 9.42. The average Bonchev–Trinajstić information content (AvgIpc) is 2.29. The van der Waals surface area contributed by atoms with E-state index in [4.69, 9.17) is 22.6 Å². The van der Waals surface area contributed by atoms with Gasteiger partial charge in [-0.15, -0.1) is 0 Å². The maximum Gasteiger partial charge on any atom is 0.224 e. The molecular formula is C11H12ClN3O. The summed E-state index contributed by atoms with van der Waals surface area (Å²) in [7, 11) is 0. The molecule has 1 aromatic carbocycles. The topological polar surface area (TPSA) is 78.9 Å². The molecule has 84 valence electrons. The van der Waals surface area contributed by atoms with E-state index in [9.17, 15) is 4.79 Å². The summed E-state index contributed by atoms with van der Waals surface area (Å²) in [6.07, 6.45) is 1.01. The molecule has 0 aromatic heterocycles. The Morgan fingerprint density at radius 2 is 2.31 bits per heavy atom. The SMILES string of the molecule is N#Cc1ccc(NC(=O)CCCN)c(Cl)c1. The molecule has 1 amide bonds. The van der Waals surface area contributed by atoms with Gasteiger partial charge in [0, 0.05) is 6.42 Å². The van der Waals surface area contributed by atoms with Gasteiger partial charge in [0.15, 0.2) is 0 Å². The van der Waals surface area contributed by atoms with E-state index in [2.05, 4.69) is 5.32 Å². The number of benzene rings is 1. The Kier molecular flexibility index (Phi) is 4.77. The molecule has 0 atom stereocenters. The monoisotopic (exact) mass is 237 g/mol. The fraction of sp³-hybridized carbons (Fsp3) is 0.273. The highest BCUT2D eigenvalue weighted by atomic mass is 35.5. The summed E-state index contributed by atoms with van der Waals surface area (Å²) >= 11 is 5.90. The van der Waals surface area contributed by atoms with Crippen LogP contribution in [-0.2, 0) is 4.79 Å². The Labute approximate surface area is 99.0 Å². The lowest BCUT2D eigenvalue weighted by Gasteiger charge is -2.06. The number of hydrogen-bond donors (Lipinski definition) is 2. The third-order valence-electron chi connectivity index (χ3n) is 1.98. The van der Waals surface area contributed by atoms with Crippen molar-refractivity contribution in [1.82, 2.24) is 0 Å². The molecule has 0 saturated carbocycles. The van der Waals surface area contributed by atoms with Crippen LogP contribution in [0.15, 0.2) is 18.2 Å². The van der Waals surface area contributed by atoms with Gasteiger partial charge in [0.25, 0.3) is 0 Å². The number of anilines is 1. The molecule has 0 heterocycles. The van der Waals surface area contributed by atoms with Crippen LogP contribution in [0.2, 0.25) is 5.02 Å². The summed E-state index contributed by atoms with van der Waals surface area (Å²) in [4.78, 5) is 11.4. The third-order valence-corrected chi connectivity index (χ3v) is 2.29.